The van der Waals surface area contributed by atoms with E-state index in [0.717, 1.165) is 22.4 Å². The summed E-state index contributed by atoms with van der Waals surface area (Å²) in [5.41, 5.74) is 2.45. The third-order valence-corrected chi connectivity index (χ3v) is 4.34. The molecule has 0 unspecified atom stereocenters. The van der Waals surface area contributed by atoms with Crippen molar-refractivity contribution in [2.24, 2.45) is 0 Å². The van der Waals surface area contributed by atoms with Crippen molar-refractivity contribution in [1.29, 1.82) is 0 Å². The van der Waals surface area contributed by atoms with Crippen LogP contribution in [0.5, 0.6) is 0 Å². The molecule has 1 saturated heterocycles. The highest BCUT2D eigenvalue weighted by Gasteiger charge is 2.10. The van der Waals surface area contributed by atoms with E-state index in [0.29, 0.717) is 0 Å². The molecule has 3 rings (SSSR count). The third-order valence-electron chi connectivity index (χ3n) is 3.59. The van der Waals surface area contributed by atoms with Crippen LogP contribution in [0.1, 0.15) is 29.8 Å². The van der Waals surface area contributed by atoms with Gasteiger partial charge in [-0.25, -0.2) is 0 Å². The fraction of sp³-hybridized carbons (Fsp3) is 0.467. The van der Waals surface area contributed by atoms with Crippen molar-refractivity contribution in [2.75, 3.05) is 18.4 Å². The number of aryl methyl sites for hydroxylation is 1. The summed E-state index contributed by atoms with van der Waals surface area (Å²) >= 11 is 1.57. The van der Waals surface area contributed by atoms with Crippen LogP contribution in [0, 0.1) is 6.92 Å². The van der Waals surface area contributed by atoms with Crippen LogP contribution in [0.3, 0.4) is 0 Å². The van der Waals surface area contributed by atoms with Gasteiger partial charge in [-0.2, -0.15) is 0 Å². The molecule has 4 nitrogen and oxygen atoms in total. The zero-order chi connectivity index (χ0) is 13.8. The number of aromatic nitrogens is 2. The molecule has 0 radical (unpaired) electrons. The molecule has 0 saturated carbocycles. The quantitative estimate of drug-likeness (QED) is 0.933. The maximum Gasteiger partial charge on any atom is 0.210 e. The van der Waals surface area contributed by atoms with Crippen molar-refractivity contribution in [3.63, 3.8) is 0 Å². The average Bonchev–Trinajstić information content (AvgIpc) is 2.88. The molecular weight excluding hydrogens is 268 g/mol. The molecule has 1 N–H and O–H groups in total. The summed E-state index contributed by atoms with van der Waals surface area (Å²) in [5.74, 6) is 0. The Morgan fingerprint density at radius 2 is 1.85 bits per heavy atom. The monoisotopic (exact) mass is 288 g/mol. The van der Waals surface area contributed by atoms with Gasteiger partial charge in [-0.05, 0) is 50.6 Å². The van der Waals surface area contributed by atoms with Gasteiger partial charge in [0.05, 0.1) is 0 Å². The van der Waals surface area contributed by atoms with Gasteiger partial charge in [0.15, 0.2) is 0 Å². The fourth-order valence-corrected chi connectivity index (χ4v) is 3.15. The minimum atomic E-state index is 0.853. The van der Waals surface area contributed by atoms with E-state index in [4.69, 9.17) is 0 Å². The van der Waals surface area contributed by atoms with Crippen LogP contribution in [0.2, 0.25) is 0 Å². The van der Waals surface area contributed by atoms with Crippen molar-refractivity contribution in [2.45, 2.75) is 32.7 Å². The molecule has 0 amide bonds. The summed E-state index contributed by atoms with van der Waals surface area (Å²) in [5, 5.41) is 13.2. The van der Waals surface area contributed by atoms with E-state index in [1.165, 1.54) is 37.9 Å². The first-order chi connectivity index (χ1) is 9.79. The predicted octanol–water partition coefficient (Wildman–Crippen LogP) is 3.58. The number of anilines is 2. The van der Waals surface area contributed by atoms with Gasteiger partial charge in [0.1, 0.15) is 5.01 Å². The Bertz CT molecular complexity index is 543. The lowest BCUT2D eigenvalue weighted by atomic mass is 10.1. The molecule has 5 heteroatoms. The van der Waals surface area contributed by atoms with Crippen LogP contribution in [-0.4, -0.2) is 28.2 Å². The standard InChI is InChI=1S/C15H20N4S/c1-12-17-18-15(20-12)16-14-7-5-13(6-8-14)11-19-9-3-2-4-10-19/h5-8H,2-4,9-11H2,1H3,(H,16,18). The Hall–Kier alpha value is -1.46. The highest BCUT2D eigenvalue weighted by molar-refractivity contribution is 7.15. The zero-order valence-electron chi connectivity index (χ0n) is 11.8. The number of piperidine rings is 1. The highest BCUT2D eigenvalue weighted by atomic mass is 32.1. The average molecular weight is 288 g/mol. The van der Waals surface area contributed by atoms with Gasteiger partial charge in [0.2, 0.25) is 5.13 Å². The molecular formula is C15H20N4S. The topological polar surface area (TPSA) is 41.1 Å². The SMILES string of the molecule is Cc1nnc(Nc2ccc(CN3CCCCC3)cc2)s1. The number of nitrogens with one attached hydrogen (secondary N) is 1. The summed E-state index contributed by atoms with van der Waals surface area (Å²) in [6, 6.07) is 8.64. The number of hydrogen-bond donors (Lipinski definition) is 1. The molecule has 20 heavy (non-hydrogen) atoms. The lowest BCUT2D eigenvalue weighted by molar-refractivity contribution is 0.221. The lowest BCUT2D eigenvalue weighted by Crippen LogP contribution is -2.28. The van der Waals surface area contributed by atoms with Crippen LogP contribution in [0.15, 0.2) is 24.3 Å². The lowest BCUT2D eigenvalue weighted by Gasteiger charge is -2.26. The van der Waals surface area contributed by atoms with Crippen molar-refractivity contribution in [3.8, 4) is 0 Å². The van der Waals surface area contributed by atoms with Gasteiger partial charge in [-0.15, -0.1) is 10.2 Å². The smallest absolute Gasteiger partial charge is 0.210 e. The van der Waals surface area contributed by atoms with Crippen LogP contribution < -0.4 is 5.32 Å². The van der Waals surface area contributed by atoms with Crippen molar-refractivity contribution < 1.29 is 0 Å². The molecule has 0 atom stereocenters. The Kier molecular flexibility index (Phi) is 4.28. The number of hydrogen-bond acceptors (Lipinski definition) is 5. The number of likely N-dealkylation sites (tertiary alicyclic amines) is 1. The highest BCUT2D eigenvalue weighted by Crippen LogP contribution is 2.21. The van der Waals surface area contributed by atoms with Crippen LogP contribution in [0.25, 0.3) is 0 Å². The first kappa shape index (κ1) is 13.5. The molecule has 1 fully saturated rings. The van der Waals surface area contributed by atoms with Crippen LogP contribution >= 0.6 is 11.3 Å². The van der Waals surface area contributed by atoms with Gasteiger partial charge < -0.3 is 5.32 Å². The zero-order valence-corrected chi connectivity index (χ0v) is 12.6. The molecule has 0 aliphatic carbocycles. The van der Waals surface area contributed by atoms with Crippen molar-refractivity contribution >= 4 is 22.2 Å². The largest absolute Gasteiger partial charge is 0.330 e. The summed E-state index contributed by atoms with van der Waals surface area (Å²) in [6.45, 7) is 5.51. The van der Waals surface area contributed by atoms with E-state index in [-0.39, 0.29) is 0 Å². The molecule has 2 heterocycles. The number of nitrogens with zero attached hydrogens (tertiary/aromatic N) is 3. The van der Waals surface area contributed by atoms with E-state index in [9.17, 15) is 0 Å². The second-order valence-corrected chi connectivity index (χ2v) is 6.47. The predicted molar refractivity (Wildman–Crippen MR) is 83.5 cm³/mol. The second kappa shape index (κ2) is 6.33. The van der Waals surface area contributed by atoms with Crippen molar-refractivity contribution in [1.82, 2.24) is 15.1 Å². The Balaban J connectivity index is 1.59. The Morgan fingerprint density at radius 3 is 2.50 bits per heavy atom. The molecule has 1 aliphatic rings. The molecule has 1 aromatic carbocycles. The maximum atomic E-state index is 4.08. The van der Waals surface area contributed by atoms with Crippen molar-refractivity contribution in [3.05, 3.63) is 34.8 Å². The maximum absolute atomic E-state index is 4.08. The van der Waals surface area contributed by atoms with Gasteiger partial charge in [0, 0.05) is 12.2 Å². The summed E-state index contributed by atoms with van der Waals surface area (Å²) in [7, 11) is 0. The van der Waals surface area contributed by atoms with E-state index in [1.807, 2.05) is 6.92 Å². The summed E-state index contributed by atoms with van der Waals surface area (Å²) < 4.78 is 0. The van der Waals surface area contributed by atoms with Gasteiger partial charge in [0.25, 0.3) is 0 Å². The Morgan fingerprint density at radius 1 is 1.10 bits per heavy atom. The first-order valence-electron chi connectivity index (χ1n) is 7.18. The normalized spacial score (nSPS) is 16.2. The van der Waals surface area contributed by atoms with Gasteiger partial charge >= 0.3 is 0 Å². The molecule has 106 valence electrons. The molecule has 0 spiro atoms. The van der Waals surface area contributed by atoms with E-state index in [2.05, 4.69) is 44.7 Å². The molecule has 1 aliphatic heterocycles. The second-order valence-electron chi connectivity index (χ2n) is 5.28. The van der Waals surface area contributed by atoms with E-state index < -0.39 is 0 Å². The number of rotatable bonds is 4. The summed E-state index contributed by atoms with van der Waals surface area (Å²) in [6.07, 6.45) is 4.08. The molecule has 2 aromatic rings. The van der Waals surface area contributed by atoms with Gasteiger partial charge in [-0.3, -0.25) is 4.90 Å². The summed E-state index contributed by atoms with van der Waals surface area (Å²) in [4.78, 5) is 2.54. The fourth-order valence-electron chi connectivity index (χ4n) is 2.54. The minimum Gasteiger partial charge on any atom is -0.330 e. The van der Waals surface area contributed by atoms with Gasteiger partial charge in [-0.1, -0.05) is 29.9 Å². The van der Waals surface area contributed by atoms with E-state index >= 15 is 0 Å². The first-order valence-corrected chi connectivity index (χ1v) is 8.00. The van der Waals surface area contributed by atoms with E-state index in [1.54, 1.807) is 11.3 Å². The molecule has 1 aromatic heterocycles. The van der Waals surface area contributed by atoms with Crippen LogP contribution in [0.4, 0.5) is 10.8 Å². The molecule has 0 bridgehead atoms. The number of benzene rings is 1. The Labute approximate surface area is 123 Å². The third kappa shape index (κ3) is 3.55. The van der Waals surface area contributed by atoms with Crippen LogP contribution in [-0.2, 0) is 6.54 Å². The minimum absolute atomic E-state index is 0.853.